The van der Waals surface area contributed by atoms with E-state index in [1.54, 1.807) is 17.8 Å². The lowest BCUT2D eigenvalue weighted by Gasteiger charge is -2.28. The number of nitrogens with zero attached hydrogens (tertiary/aromatic N) is 3. The molecule has 2 unspecified atom stereocenters. The first kappa shape index (κ1) is 19.1. The summed E-state index contributed by atoms with van der Waals surface area (Å²) in [5.74, 6) is -1.32. The van der Waals surface area contributed by atoms with Gasteiger partial charge in [0.2, 0.25) is 0 Å². The van der Waals surface area contributed by atoms with Crippen LogP contribution < -0.4 is 5.32 Å². The number of amides is 1. The number of aromatic nitrogens is 3. The summed E-state index contributed by atoms with van der Waals surface area (Å²) in [5.41, 5.74) is 4.28. The molecule has 0 saturated heterocycles. The fourth-order valence-electron chi connectivity index (χ4n) is 4.28. The second-order valence-corrected chi connectivity index (χ2v) is 7.69. The zero-order valence-electron chi connectivity index (χ0n) is 16.6. The number of carboxylic acid groups (broad SMARTS) is 1. The molecule has 7 nitrogen and oxygen atoms in total. The van der Waals surface area contributed by atoms with Crippen molar-refractivity contribution in [3.05, 3.63) is 58.9 Å². The number of carbonyl (C=O) groups is 2. The number of fused-ring (bicyclic) bond motifs is 2. The second-order valence-electron chi connectivity index (χ2n) is 7.69. The van der Waals surface area contributed by atoms with Gasteiger partial charge in [0.15, 0.2) is 5.65 Å². The molecule has 0 saturated carbocycles. The molecule has 1 aliphatic carbocycles. The molecule has 0 spiro atoms. The van der Waals surface area contributed by atoms with Gasteiger partial charge in [-0.25, -0.2) is 9.78 Å². The average Bonchev–Trinajstić information content (AvgIpc) is 3.00. The first-order valence-corrected chi connectivity index (χ1v) is 9.85. The third-order valence-electron chi connectivity index (χ3n) is 5.74. The van der Waals surface area contributed by atoms with Crippen molar-refractivity contribution in [1.29, 1.82) is 0 Å². The van der Waals surface area contributed by atoms with E-state index in [2.05, 4.69) is 27.5 Å². The zero-order chi connectivity index (χ0) is 20.5. The summed E-state index contributed by atoms with van der Waals surface area (Å²) in [7, 11) is 1.80. The van der Waals surface area contributed by atoms with E-state index in [9.17, 15) is 14.7 Å². The summed E-state index contributed by atoms with van der Waals surface area (Å²) in [4.78, 5) is 29.0. The molecule has 0 bridgehead atoms. The molecule has 1 aromatic carbocycles. The molecule has 2 aromatic heterocycles. The lowest BCUT2D eigenvalue weighted by Crippen LogP contribution is -2.42. The molecule has 2 atom stereocenters. The third-order valence-corrected chi connectivity index (χ3v) is 5.74. The maximum absolute atomic E-state index is 12.8. The monoisotopic (exact) mass is 392 g/mol. The maximum atomic E-state index is 12.8. The molecule has 4 rings (SSSR count). The van der Waals surface area contributed by atoms with Gasteiger partial charge in [0, 0.05) is 18.6 Å². The van der Waals surface area contributed by atoms with Crippen LogP contribution in [0.1, 0.15) is 52.4 Å². The summed E-state index contributed by atoms with van der Waals surface area (Å²) in [6.45, 7) is 1.85. The van der Waals surface area contributed by atoms with Gasteiger partial charge in [0.1, 0.15) is 6.04 Å². The van der Waals surface area contributed by atoms with Crippen molar-refractivity contribution in [3.63, 3.8) is 0 Å². The van der Waals surface area contributed by atoms with Gasteiger partial charge in [0.05, 0.1) is 11.3 Å². The van der Waals surface area contributed by atoms with Crippen LogP contribution in [0, 0.1) is 6.92 Å². The number of aliphatic carboxylic acids is 1. The van der Waals surface area contributed by atoms with Crippen molar-refractivity contribution >= 4 is 22.9 Å². The van der Waals surface area contributed by atoms with Gasteiger partial charge >= 0.3 is 5.97 Å². The van der Waals surface area contributed by atoms with Crippen LogP contribution in [0.25, 0.3) is 11.0 Å². The van der Waals surface area contributed by atoms with Crippen LogP contribution in [0.2, 0.25) is 0 Å². The third kappa shape index (κ3) is 3.72. The molecule has 150 valence electrons. The smallest absolute Gasteiger partial charge is 0.326 e. The number of pyridine rings is 1. The van der Waals surface area contributed by atoms with Crippen LogP contribution in [0.5, 0.6) is 0 Å². The Bertz CT molecular complexity index is 1090. The van der Waals surface area contributed by atoms with E-state index < -0.39 is 17.9 Å². The van der Waals surface area contributed by atoms with Gasteiger partial charge in [-0.15, -0.1) is 0 Å². The second kappa shape index (κ2) is 7.66. The van der Waals surface area contributed by atoms with Crippen molar-refractivity contribution in [1.82, 2.24) is 20.1 Å². The fraction of sp³-hybridized carbons (Fsp3) is 0.364. The molecule has 0 aliphatic heterocycles. The molecule has 7 heteroatoms. The fourth-order valence-corrected chi connectivity index (χ4v) is 4.28. The van der Waals surface area contributed by atoms with Gasteiger partial charge in [0.25, 0.3) is 5.91 Å². The molecule has 1 amide bonds. The van der Waals surface area contributed by atoms with Gasteiger partial charge in [-0.2, -0.15) is 5.10 Å². The number of hydrogen-bond acceptors (Lipinski definition) is 4. The van der Waals surface area contributed by atoms with Crippen LogP contribution >= 0.6 is 0 Å². The Morgan fingerprint density at radius 1 is 1.34 bits per heavy atom. The number of carbonyl (C=O) groups excluding carboxylic acids is 1. The summed E-state index contributed by atoms with van der Waals surface area (Å²) in [5, 5.41) is 17.5. The SMILES string of the molecule is Cc1nn(C)c2ncc(C(=O)NC(CC3CCCc4ccccc43)C(=O)O)cc12. The lowest BCUT2D eigenvalue weighted by atomic mass is 9.79. The van der Waals surface area contributed by atoms with Crippen molar-refractivity contribution in [2.75, 3.05) is 0 Å². The van der Waals surface area contributed by atoms with Crippen LogP contribution in [0.15, 0.2) is 36.5 Å². The largest absolute Gasteiger partial charge is 0.480 e. The molecule has 0 radical (unpaired) electrons. The molecule has 2 heterocycles. The molecule has 1 aliphatic rings. The number of nitrogens with one attached hydrogen (secondary N) is 1. The van der Waals surface area contributed by atoms with Crippen molar-refractivity contribution < 1.29 is 14.7 Å². The Labute approximate surface area is 168 Å². The normalized spacial score (nSPS) is 17.0. The Morgan fingerprint density at radius 2 is 2.14 bits per heavy atom. The van der Waals surface area contributed by atoms with Crippen LogP contribution in [0.4, 0.5) is 0 Å². The van der Waals surface area contributed by atoms with Gasteiger partial charge in [-0.1, -0.05) is 24.3 Å². The number of hydrogen-bond donors (Lipinski definition) is 2. The first-order chi connectivity index (χ1) is 13.9. The standard InChI is InChI=1S/C22H24N4O3/c1-13-18-10-16(12-23-20(18)26(2)25-13)21(27)24-19(22(28)29)11-15-8-5-7-14-6-3-4-9-17(14)15/h3-4,6,9-10,12,15,19H,5,7-8,11H2,1-2H3,(H,24,27)(H,28,29). The summed E-state index contributed by atoms with van der Waals surface area (Å²) in [6, 6.07) is 8.94. The minimum absolute atomic E-state index is 0.127. The molecule has 2 N–H and O–H groups in total. The number of carboxylic acids is 1. The molecular formula is C22H24N4O3. The number of rotatable bonds is 5. The molecule has 0 fully saturated rings. The van der Waals surface area contributed by atoms with E-state index in [4.69, 9.17) is 0 Å². The molecular weight excluding hydrogens is 368 g/mol. The van der Waals surface area contributed by atoms with Crippen LogP contribution in [0.3, 0.4) is 0 Å². The van der Waals surface area contributed by atoms with E-state index in [0.29, 0.717) is 17.6 Å². The maximum Gasteiger partial charge on any atom is 0.326 e. The van der Waals surface area contributed by atoms with Crippen LogP contribution in [-0.2, 0) is 18.3 Å². The van der Waals surface area contributed by atoms with E-state index in [-0.39, 0.29) is 5.92 Å². The predicted octanol–water partition coefficient (Wildman–Crippen LogP) is 2.97. The van der Waals surface area contributed by atoms with Gasteiger partial charge in [-0.05, 0) is 55.7 Å². The first-order valence-electron chi connectivity index (χ1n) is 9.85. The Hall–Kier alpha value is -3.22. The zero-order valence-corrected chi connectivity index (χ0v) is 16.6. The summed E-state index contributed by atoms with van der Waals surface area (Å²) >= 11 is 0. The van der Waals surface area contributed by atoms with E-state index >= 15 is 0 Å². The Balaban J connectivity index is 1.54. The number of benzene rings is 1. The van der Waals surface area contributed by atoms with E-state index in [1.165, 1.54) is 17.3 Å². The summed E-state index contributed by atoms with van der Waals surface area (Å²) < 4.78 is 1.66. The number of aryl methyl sites for hydroxylation is 3. The summed E-state index contributed by atoms with van der Waals surface area (Å²) in [6.07, 6.45) is 4.82. The predicted molar refractivity (Wildman–Crippen MR) is 109 cm³/mol. The Morgan fingerprint density at radius 3 is 2.93 bits per heavy atom. The quantitative estimate of drug-likeness (QED) is 0.696. The highest BCUT2D eigenvalue weighted by Crippen LogP contribution is 2.34. The highest BCUT2D eigenvalue weighted by Gasteiger charge is 2.28. The molecule has 3 aromatic rings. The van der Waals surface area contributed by atoms with Crippen molar-refractivity contribution in [2.24, 2.45) is 7.05 Å². The van der Waals surface area contributed by atoms with E-state index in [1.807, 2.05) is 19.1 Å². The minimum Gasteiger partial charge on any atom is -0.480 e. The minimum atomic E-state index is -1.02. The Kier molecular flexibility index (Phi) is 5.05. The van der Waals surface area contributed by atoms with Gasteiger partial charge < -0.3 is 10.4 Å². The van der Waals surface area contributed by atoms with Crippen molar-refractivity contribution in [3.8, 4) is 0 Å². The van der Waals surface area contributed by atoms with Gasteiger partial charge in [-0.3, -0.25) is 9.48 Å². The highest BCUT2D eigenvalue weighted by molar-refractivity contribution is 5.99. The van der Waals surface area contributed by atoms with E-state index in [0.717, 1.165) is 30.3 Å². The lowest BCUT2D eigenvalue weighted by molar-refractivity contribution is -0.139. The topological polar surface area (TPSA) is 97.1 Å². The van der Waals surface area contributed by atoms with Crippen LogP contribution in [-0.4, -0.2) is 37.8 Å². The average molecular weight is 392 g/mol. The highest BCUT2D eigenvalue weighted by atomic mass is 16.4. The van der Waals surface area contributed by atoms with Crippen molar-refractivity contribution in [2.45, 2.75) is 44.6 Å². The molecule has 29 heavy (non-hydrogen) atoms.